The normalized spacial score (nSPS) is 20.0. The Bertz CT molecular complexity index is 497. The minimum absolute atomic E-state index is 0.0360. The van der Waals surface area contributed by atoms with Gasteiger partial charge in [-0.05, 0) is 19.2 Å². The zero-order valence-electron chi connectivity index (χ0n) is 11.3. The van der Waals surface area contributed by atoms with Crippen LogP contribution in [-0.4, -0.2) is 55.1 Å². The molecular weight excluding hydrogens is 266 g/mol. The van der Waals surface area contributed by atoms with Crippen molar-refractivity contribution in [2.24, 2.45) is 5.73 Å². The van der Waals surface area contributed by atoms with E-state index < -0.39 is 17.7 Å². The number of anilines is 1. The lowest BCUT2D eigenvalue weighted by molar-refractivity contribution is 0.120. The largest absolute Gasteiger partial charge is 0.328 e. The van der Waals surface area contributed by atoms with E-state index in [0.717, 1.165) is 18.7 Å². The summed E-state index contributed by atoms with van der Waals surface area (Å²) in [4.78, 5) is 15.8. The van der Waals surface area contributed by atoms with Gasteiger partial charge in [-0.25, -0.2) is 13.6 Å². The summed E-state index contributed by atoms with van der Waals surface area (Å²) in [5.74, 6) is -1.48. The van der Waals surface area contributed by atoms with Crippen LogP contribution in [0.25, 0.3) is 0 Å². The first kappa shape index (κ1) is 14.7. The molecule has 1 atom stereocenters. The van der Waals surface area contributed by atoms with Gasteiger partial charge in [0.15, 0.2) is 0 Å². The number of urea groups is 1. The van der Waals surface area contributed by atoms with Crippen molar-refractivity contribution in [3.8, 4) is 0 Å². The van der Waals surface area contributed by atoms with E-state index in [9.17, 15) is 13.6 Å². The van der Waals surface area contributed by atoms with Gasteiger partial charge >= 0.3 is 6.03 Å². The van der Waals surface area contributed by atoms with Crippen molar-refractivity contribution in [3.05, 3.63) is 29.8 Å². The van der Waals surface area contributed by atoms with Crippen molar-refractivity contribution in [1.82, 2.24) is 9.80 Å². The number of nitrogens with two attached hydrogens (primary N) is 1. The third-order valence-electron chi connectivity index (χ3n) is 3.39. The first-order chi connectivity index (χ1) is 9.51. The molecule has 0 aromatic heterocycles. The summed E-state index contributed by atoms with van der Waals surface area (Å²) in [6.45, 7) is 2.27. The molecule has 1 aliphatic rings. The van der Waals surface area contributed by atoms with Crippen molar-refractivity contribution >= 4 is 11.7 Å². The number of carbonyl (C=O) groups excluding carboxylic acids is 1. The van der Waals surface area contributed by atoms with Gasteiger partial charge in [-0.3, -0.25) is 0 Å². The van der Waals surface area contributed by atoms with Gasteiger partial charge in [0.25, 0.3) is 0 Å². The highest BCUT2D eigenvalue weighted by molar-refractivity contribution is 5.89. The van der Waals surface area contributed by atoms with Gasteiger partial charge in [-0.2, -0.15) is 0 Å². The van der Waals surface area contributed by atoms with E-state index in [2.05, 4.69) is 10.2 Å². The first-order valence-corrected chi connectivity index (χ1v) is 6.42. The lowest BCUT2D eigenvalue weighted by atomic mass is 10.2. The first-order valence-electron chi connectivity index (χ1n) is 6.42. The minimum atomic E-state index is -0.795. The minimum Gasteiger partial charge on any atom is -0.328 e. The van der Waals surface area contributed by atoms with Gasteiger partial charge in [-0.15, -0.1) is 0 Å². The second kappa shape index (κ2) is 6.15. The third-order valence-corrected chi connectivity index (χ3v) is 3.39. The molecule has 0 bridgehead atoms. The van der Waals surface area contributed by atoms with Gasteiger partial charge in [0.2, 0.25) is 0 Å². The van der Waals surface area contributed by atoms with Crippen LogP contribution < -0.4 is 11.1 Å². The number of likely N-dealkylation sites (N-methyl/N-ethyl adjacent to an activating group) is 1. The highest BCUT2D eigenvalue weighted by Gasteiger charge is 2.28. The SMILES string of the molecule is CN1CCN(C(=O)Nc2ccc(F)cc2F)C(CN)C1. The van der Waals surface area contributed by atoms with E-state index in [-0.39, 0.29) is 11.7 Å². The van der Waals surface area contributed by atoms with Gasteiger partial charge in [0.05, 0.1) is 11.7 Å². The molecule has 2 rings (SSSR count). The van der Waals surface area contributed by atoms with E-state index in [4.69, 9.17) is 5.73 Å². The van der Waals surface area contributed by atoms with Crippen molar-refractivity contribution in [2.45, 2.75) is 6.04 Å². The molecule has 110 valence electrons. The fourth-order valence-electron chi connectivity index (χ4n) is 2.26. The van der Waals surface area contributed by atoms with Crippen LogP contribution in [0.15, 0.2) is 18.2 Å². The number of benzene rings is 1. The van der Waals surface area contributed by atoms with Crippen LogP contribution >= 0.6 is 0 Å². The molecule has 1 heterocycles. The van der Waals surface area contributed by atoms with E-state index in [1.54, 1.807) is 4.90 Å². The van der Waals surface area contributed by atoms with Crippen LogP contribution in [0.5, 0.6) is 0 Å². The molecule has 20 heavy (non-hydrogen) atoms. The third kappa shape index (κ3) is 3.23. The number of rotatable bonds is 2. The lowest BCUT2D eigenvalue weighted by Crippen LogP contribution is -2.57. The molecule has 1 saturated heterocycles. The van der Waals surface area contributed by atoms with Crippen molar-refractivity contribution in [3.63, 3.8) is 0 Å². The second-order valence-corrected chi connectivity index (χ2v) is 4.90. The Morgan fingerprint density at radius 3 is 2.85 bits per heavy atom. The molecule has 2 amide bonds. The highest BCUT2D eigenvalue weighted by atomic mass is 19.1. The Morgan fingerprint density at radius 2 is 2.20 bits per heavy atom. The predicted octanol–water partition coefficient (Wildman–Crippen LogP) is 1.07. The van der Waals surface area contributed by atoms with Gasteiger partial charge in [-0.1, -0.05) is 0 Å². The fourth-order valence-corrected chi connectivity index (χ4v) is 2.26. The Labute approximate surface area is 116 Å². The van der Waals surface area contributed by atoms with Gasteiger partial charge in [0.1, 0.15) is 11.6 Å². The summed E-state index contributed by atoms with van der Waals surface area (Å²) in [5.41, 5.74) is 5.63. The summed E-state index contributed by atoms with van der Waals surface area (Å²) < 4.78 is 26.3. The molecule has 1 aromatic carbocycles. The Morgan fingerprint density at radius 1 is 1.45 bits per heavy atom. The number of amides is 2. The molecule has 5 nitrogen and oxygen atoms in total. The molecule has 7 heteroatoms. The summed E-state index contributed by atoms with van der Waals surface area (Å²) in [6.07, 6.45) is 0. The van der Waals surface area contributed by atoms with Gasteiger partial charge in [0, 0.05) is 32.2 Å². The number of hydrogen-bond donors (Lipinski definition) is 2. The summed E-state index contributed by atoms with van der Waals surface area (Å²) in [5, 5.41) is 2.46. The van der Waals surface area contributed by atoms with E-state index in [1.807, 2.05) is 7.05 Å². The lowest BCUT2D eigenvalue weighted by Gasteiger charge is -2.39. The zero-order chi connectivity index (χ0) is 14.7. The quantitative estimate of drug-likeness (QED) is 0.854. The van der Waals surface area contributed by atoms with Crippen LogP contribution in [0.3, 0.4) is 0 Å². The van der Waals surface area contributed by atoms with Crippen LogP contribution in [0.1, 0.15) is 0 Å². The van der Waals surface area contributed by atoms with Crippen molar-refractivity contribution in [1.29, 1.82) is 0 Å². The zero-order valence-corrected chi connectivity index (χ0v) is 11.3. The molecule has 1 unspecified atom stereocenters. The average molecular weight is 284 g/mol. The summed E-state index contributed by atoms with van der Waals surface area (Å²) in [6, 6.07) is 2.51. The summed E-state index contributed by atoms with van der Waals surface area (Å²) in [7, 11) is 1.96. The van der Waals surface area contributed by atoms with Crippen molar-refractivity contribution < 1.29 is 13.6 Å². The molecule has 0 saturated carbocycles. The molecule has 0 aliphatic carbocycles. The van der Waals surface area contributed by atoms with E-state index in [1.165, 1.54) is 6.07 Å². The van der Waals surface area contributed by atoms with Crippen LogP contribution in [0, 0.1) is 11.6 Å². The molecular formula is C13H18F2N4O. The number of halogens is 2. The smallest absolute Gasteiger partial charge is 0.322 e. The maximum absolute atomic E-state index is 13.5. The second-order valence-electron chi connectivity index (χ2n) is 4.90. The predicted molar refractivity (Wildman–Crippen MR) is 72.4 cm³/mol. The summed E-state index contributed by atoms with van der Waals surface area (Å²) >= 11 is 0. The Balaban J connectivity index is 2.07. The number of carbonyl (C=O) groups is 1. The standard InChI is InChI=1S/C13H18F2N4O/c1-18-4-5-19(10(7-16)8-18)13(20)17-12-3-2-9(14)6-11(12)15/h2-3,6,10H,4-5,7-8,16H2,1H3,(H,17,20). The molecule has 0 spiro atoms. The molecule has 1 aliphatic heterocycles. The Kier molecular flexibility index (Phi) is 4.51. The maximum atomic E-state index is 13.5. The number of hydrogen-bond acceptors (Lipinski definition) is 3. The van der Waals surface area contributed by atoms with Crippen molar-refractivity contribution in [2.75, 3.05) is 38.5 Å². The van der Waals surface area contributed by atoms with Crippen LogP contribution in [-0.2, 0) is 0 Å². The van der Waals surface area contributed by atoms with E-state index >= 15 is 0 Å². The number of piperazine rings is 1. The maximum Gasteiger partial charge on any atom is 0.322 e. The molecule has 1 fully saturated rings. The topological polar surface area (TPSA) is 61.6 Å². The highest BCUT2D eigenvalue weighted by Crippen LogP contribution is 2.17. The Hall–Kier alpha value is -1.73. The fraction of sp³-hybridized carbons (Fsp3) is 0.462. The average Bonchev–Trinajstić information content (AvgIpc) is 2.41. The van der Waals surface area contributed by atoms with E-state index in [0.29, 0.717) is 19.6 Å². The number of nitrogens with one attached hydrogen (secondary N) is 1. The molecule has 1 aromatic rings. The molecule has 0 radical (unpaired) electrons. The van der Waals surface area contributed by atoms with Crippen LogP contribution in [0.2, 0.25) is 0 Å². The molecule has 3 N–H and O–H groups in total. The number of nitrogens with zero attached hydrogens (tertiary/aromatic N) is 2. The monoisotopic (exact) mass is 284 g/mol. The van der Waals surface area contributed by atoms with Gasteiger partial charge < -0.3 is 20.9 Å². The van der Waals surface area contributed by atoms with Crippen LogP contribution in [0.4, 0.5) is 19.3 Å².